The number of aliphatic hydroxyl groups excluding tert-OH is 1. The van der Waals surface area contributed by atoms with Crippen LogP contribution in [0.25, 0.3) is 4.96 Å². The maximum absolute atomic E-state index is 12.9. The number of imidazole rings is 1. The third-order valence-corrected chi connectivity index (χ3v) is 6.86. The summed E-state index contributed by atoms with van der Waals surface area (Å²) in [5, 5.41) is 10.8. The quantitative estimate of drug-likeness (QED) is 0.895. The number of halogens is 1. The van der Waals surface area contributed by atoms with Crippen LogP contribution in [0.3, 0.4) is 0 Å². The molecule has 9 heteroatoms. The molecule has 0 amide bonds. The summed E-state index contributed by atoms with van der Waals surface area (Å²) in [6, 6.07) is -0.0672. The molecular formula is C12H16ClN3O3S2. The van der Waals surface area contributed by atoms with E-state index in [1.54, 1.807) is 11.6 Å². The van der Waals surface area contributed by atoms with Crippen LogP contribution >= 0.6 is 22.9 Å². The Labute approximate surface area is 132 Å². The maximum Gasteiger partial charge on any atom is 0.262 e. The summed E-state index contributed by atoms with van der Waals surface area (Å²) in [4.78, 5) is 4.67. The molecule has 2 aromatic heterocycles. The van der Waals surface area contributed by atoms with Gasteiger partial charge in [-0.05, 0) is 25.7 Å². The lowest BCUT2D eigenvalue weighted by Crippen LogP contribution is -2.36. The van der Waals surface area contributed by atoms with E-state index in [0.717, 1.165) is 12.8 Å². The highest BCUT2D eigenvalue weighted by atomic mass is 35.5. The Morgan fingerprint density at radius 3 is 3.10 bits per heavy atom. The Hall–Kier alpha value is -0.670. The molecule has 0 aromatic carbocycles. The van der Waals surface area contributed by atoms with Gasteiger partial charge < -0.3 is 5.11 Å². The second-order valence-electron chi connectivity index (χ2n) is 5.04. The van der Waals surface area contributed by atoms with Crippen molar-refractivity contribution in [1.29, 1.82) is 0 Å². The predicted molar refractivity (Wildman–Crippen MR) is 81.3 cm³/mol. The first-order valence-corrected chi connectivity index (χ1v) is 9.49. The first kappa shape index (κ1) is 15.2. The minimum Gasteiger partial charge on any atom is -0.396 e. The van der Waals surface area contributed by atoms with Crippen molar-refractivity contribution < 1.29 is 13.5 Å². The molecule has 3 rings (SSSR count). The molecule has 3 heterocycles. The topological polar surface area (TPSA) is 74.9 Å². The van der Waals surface area contributed by atoms with E-state index in [4.69, 9.17) is 16.7 Å². The molecule has 116 valence electrons. The Morgan fingerprint density at radius 1 is 1.52 bits per heavy atom. The van der Waals surface area contributed by atoms with E-state index in [1.165, 1.54) is 20.0 Å². The van der Waals surface area contributed by atoms with Gasteiger partial charge in [-0.2, -0.15) is 4.31 Å². The van der Waals surface area contributed by atoms with E-state index in [-0.39, 0.29) is 22.8 Å². The van der Waals surface area contributed by atoms with Crippen LogP contribution in [0.4, 0.5) is 0 Å². The summed E-state index contributed by atoms with van der Waals surface area (Å²) in [6.07, 6.45) is 4.59. The lowest BCUT2D eigenvalue weighted by atomic mass is 10.1. The molecular weight excluding hydrogens is 334 g/mol. The third kappa shape index (κ3) is 2.59. The number of hydrogen-bond acceptors (Lipinski definition) is 5. The van der Waals surface area contributed by atoms with Crippen molar-refractivity contribution in [2.75, 3.05) is 13.2 Å². The highest BCUT2D eigenvalue weighted by Gasteiger charge is 2.38. The zero-order chi connectivity index (χ0) is 15.0. The summed E-state index contributed by atoms with van der Waals surface area (Å²) >= 11 is 7.40. The monoisotopic (exact) mass is 349 g/mol. The van der Waals surface area contributed by atoms with Crippen LogP contribution in [0.5, 0.6) is 0 Å². The molecule has 1 saturated heterocycles. The van der Waals surface area contributed by atoms with Gasteiger partial charge in [0.05, 0.1) is 0 Å². The minimum atomic E-state index is -3.68. The van der Waals surface area contributed by atoms with Gasteiger partial charge in [0, 0.05) is 30.8 Å². The van der Waals surface area contributed by atoms with Crippen molar-refractivity contribution in [3.8, 4) is 0 Å². The van der Waals surface area contributed by atoms with Gasteiger partial charge >= 0.3 is 0 Å². The SMILES string of the molecule is O=S(=O)(c1c(Cl)nc2sccn12)N1CCCC1CCCO. The standard InChI is InChI=1S/C12H16ClN3O3S2/c13-10-11(15-6-8-20-12(15)14-10)21(18,19)16-5-1-3-9(16)4-2-7-17/h6,8-9,17H,1-5,7H2. The van der Waals surface area contributed by atoms with Crippen molar-refractivity contribution in [2.45, 2.75) is 36.8 Å². The molecule has 1 unspecified atom stereocenters. The molecule has 1 N–H and O–H groups in total. The van der Waals surface area contributed by atoms with Gasteiger partial charge in [-0.25, -0.2) is 13.4 Å². The van der Waals surface area contributed by atoms with E-state index >= 15 is 0 Å². The van der Waals surface area contributed by atoms with Gasteiger partial charge in [-0.1, -0.05) is 11.6 Å². The number of nitrogens with zero attached hydrogens (tertiary/aromatic N) is 3. The molecule has 0 radical (unpaired) electrons. The molecule has 1 aliphatic rings. The van der Waals surface area contributed by atoms with Gasteiger partial charge in [0.1, 0.15) is 0 Å². The highest BCUT2D eigenvalue weighted by molar-refractivity contribution is 7.89. The molecule has 6 nitrogen and oxygen atoms in total. The molecule has 2 aromatic rings. The summed E-state index contributed by atoms with van der Waals surface area (Å²) in [5.41, 5.74) is 0. The van der Waals surface area contributed by atoms with Crippen molar-refractivity contribution in [3.05, 3.63) is 16.7 Å². The summed E-state index contributed by atoms with van der Waals surface area (Å²) in [6.45, 7) is 0.568. The molecule has 1 atom stereocenters. The fourth-order valence-corrected chi connectivity index (χ4v) is 5.96. The third-order valence-electron chi connectivity index (χ3n) is 3.75. The number of thiazole rings is 1. The first-order chi connectivity index (χ1) is 10.1. The summed E-state index contributed by atoms with van der Waals surface area (Å²) in [5.74, 6) is 0. The number of aromatic nitrogens is 2. The van der Waals surface area contributed by atoms with Crippen molar-refractivity contribution >= 4 is 37.9 Å². The number of rotatable bonds is 5. The van der Waals surface area contributed by atoms with Crippen LogP contribution in [-0.2, 0) is 10.0 Å². The number of sulfonamides is 1. The number of aliphatic hydroxyl groups is 1. The lowest BCUT2D eigenvalue weighted by Gasteiger charge is -2.23. The predicted octanol–water partition coefficient (Wildman–Crippen LogP) is 1.97. The average molecular weight is 350 g/mol. The van der Waals surface area contributed by atoms with Crippen LogP contribution in [-0.4, -0.2) is 46.4 Å². The molecule has 1 fully saturated rings. The van der Waals surface area contributed by atoms with Crippen LogP contribution in [0, 0.1) is 0 Å². The Morgan fingerprint density at radius 2 is 2.33 bits per heavy atom. The molecule has 21 heavy (non-hydrogen) atoms. The van der Waals surface area contributed by atoms with Crippen molar-refractivity contribution in [1.82, 2.24) is 13.7 Å². The Kier molecular flexibility index (Phi) is 4.24. The molecule has 1 aliphatic heterocycles. The Balaban J connectivity index is 1.99. The normalized spacial score (nSPS) is 20.6. The maximum atomic E-state index is 12.9. The largest absolute Gasteiger partial charge is 0.396 e. The Bertz CT molecular complexity index is 740. The average Bonchev–Trinajstić information content (AvgIpc) is 3.10. The first-order valence-electron chi connectivity index (χ1n) is 6.79. The number of fused-ring (bicyclic) bond motifs is 1. The fraction of sp³-hybridized carbons (Fsp3) is 0.583. The zero-order valence-electron chi connectivity index (χ0n) is 11.3. The molecule has 0 spiro atoms. The van der Waals surface area contributed by atoms with E-state index in [9.17, 15) is 8.42 Å². The van der Waals surface area contributed by atoms with Gasteiger partial charge in [0.25, 0.3) is 10.0 Å². The van der Waals surface area contributed by atoms with Crippen molar-refractivity contribution in [3.63, 3.8) is 0 Å². The van der Waals surface area contributed by atoms with E-state index in [0.29, 0.717) is 24.3 Å². The highest BCUT2D eigenvalue weighted by Crippen LogP contribution is 2.33. The van der Waals surface area contributed by atoms with Gasteiger partial charge in [0.15, 0.2) is 15.1 Å². The molecule has 0 bridgehead atoms. The van der Waals surface area contributed by atoms with Crippen LogP contribution < -0.4 is 0 Å². The smallest absolute Gasteiger partial charge is 0.262 e. The zero-order valence-corrected chi connectivity index (χ0v) is 13.7. The number of hydrogen-bond donors (Lipinski definition) is 1. The van der Waals surface area contributed by atoms with Crippen LogP contribution in [0.15, 0.2) is 16.6 Å². The van der Waals surface area contributed by atoms with Gasteiger partial charge in [-0.3, -0.25) is 4.40 Å². The second kappa shape index (κ2) is 5.85. The van der Waals surface area contributed by atoms with Gasteiger partial charge in [-0.15, -0.1) is 11.3 Å². The summed E-state index contributed by atoms with van der Waals surface area (Å²) < 4.78 is 28.9. The molecule has 0 saturated carbocycles. The van der Waals surface area contributed by atoms with E-state index in [1.807, 2.05) is 0 Å². The van der Waals surface area contributed by atoms with Crippen LogP contribution in [0.1, 0.15) is 25.7 Å². The van der Waals surface area contributed by atoms with Crippen molar-refractivity contribution in [2.24, 2.45) is 0 Å². The lowest BCUT2D eigenvalue weighted by molar-refractivity contribution is 0.264. The van der Waals surface area contributed by atoms with E-state index < -0.39 is 10.0 Å². The van der Waals surface area contributed by atoms with Crippen LogP contribution in [0.2, 0.25) is 5.15 Å². The fourth-order valence-electron chi connectivity index (χ4n) is 2.82. The molecule has 0 aliphatic carbocycles. The van der Waals surface area contributed by atoms with E-state index in [2.05, 4.69) is 4.98 Å². The van der Waals surface area contributed by atoms with Gasteiger partial charge in [0.2, 0.25) is 0 Å². The second-order valence-corrected chi connectivity index (χ2v) is 8.08. The summed E-state index contributed by atoms with van der Waals surface area (Å²) in [7, 11) is -3.68. The minimum absolute atomic E-state index is 0.0228.